The van der Waals surface area contributed by atoms with Gasteiger partial charge in [0.15, 0.2) is 6.61 Å². The normalized spacial score (nSPS) is 15.3. The number of rotatable bonds is 8. The third-order valence-corrected chi connectivity index (χ3v) is 5.54. The molecule has 1 aliphatic carbocycles. The van der Waals surface area contributed by atoms with Crippen LogP contribution in [0.4, 0.5) is 0 Å². The summed E-state index contributed by atoms with van der Waals surface area (Å²) in [7, 11) is 0. The molecule has 2 N–H and O–H groups in total. The Morgan fingerprint density at radius 2 is 1.78 bits per heavy atom. The van der Waals surface area contributed by atoms with Crippen molar-refractivity contribution in [3.8, 4) is 11.8 Å². The molecule has 0 bridgehead atoms. The van der Waals surface area contributed by atoms with Crippen LogP contribution in [0.15, 0.2) is 60.2 Å². The van der Waals surface area contributed by atoms with E-state index in [0.29, 0.717) is 11.3 Å². The van der Waals surface area contributed by atoms with Crippen molar-refractivity contribution in [3.63, 3.8) is 0 Å². The minimum Gasteiger partial charge on any atom is -0.484 e. The second-order valence-electron chi connectivity index (χ2n) is 8.04. The van der Waals surface area contributed by atoms with E-state index in [0.717, 1.165) is 31.2 Å². The van der Waals surface area contributed by atoms with Gasteiger partial charge in [-0.3, -0.25) is 9.59 Å². The number of hydrogen-bond donors (Lipinski definition) is 2. The summed E-state index contributed by atoms with van der Waals surface area (Å²) in [4.78, 5) is 24.6. The van der Waals surface area contributed by atoms with Crippen molar-refractivity contribution in [2.24, 2.45) is 0 Å². The first-order chi connectivity index (χ1) is 15.5. The molecule has 0 radical (unpaired) electrons. The van der Waals surface area contributed by atoms with E-state index < -0.39 is 5.91 Å². The van der Waals surface area contributed by atoms with Crippen LogP contribution in [0.5, 0.6) is 5.75 Å². The number of nitrogens with zero attached hydrogens (tertiary/aromatic N) is 1. The Bertz CT molecular complexity index is 972. The molecular formula is C26H29N3O3. The average Bonchev–Trinajstić information content (AvgIpc) is 2.83. The molecule has 0 heterocycles. The maximum Gasteiger partial charge on any atom is 0.262 e. The van der Waals surface area contributed by atoms with Crippen LogP contribution >= 0.6 is 0 Å². The van der Waals surface area contributed by atoms with E-state index in [1.165, 1.54) is 12.5 Å². The zero-order chi connectivity index (χ0) is 22.8. The van der Waals surface area contributed by atoms with Crippen molar-refractivity contribution >= 4 is 17.9 Å². The molecule has 1 saturated carbocycles. The zero-order valence-corrected chi connectivity index (χ0v) is 18.3. The van der Waals surface area contributed by atoms with Crippen LogP contribution in [0.1, 0.15) is 56.2 Å². The molecule has 0 aromatic heterocycles. The maximum atomic E-state index is 12.5. The maximum absolute atomic E-state index is 12.5. The number of benzene rings is 2. The summed E-state index contributed by atoms with van der Waals surface area (Å²) in [6, 6.07) is 18.5. The van der Waals surface area contributed by atoms with Crippen LogP contribution < -0.4 is 15.4 Å². The third-order valence-electron chi connectivity index (χ3n) is 5.54. The quantitative estimate of drug-likeness (QED) is 0.482. The summed E-state index contributed by atoms with van der Waals surface area (Å²) in [5.74, 6) is 0.0158. The van der Waals surface area contributed by atoms with Crippen LogP contribution in [-0.2, 0) is 9.59 Å². The van der Waals surface area contributed by atoms with Gasteiger partial charge in [0.25, 0.3) is 11.8 Å². The number of nitrogens with one attached hydrogen (secondary N) is 2. The smallest absolute Gasteiger partial charge is 0.262 e. The topological polar surface area (TPSA) is 91.2 Å². The highest BCUT2D eigenvalue weighted by atomic mass is 16.5. The third kappa shape index (κ3) is 6.98. The number of ether oxygens (including phenoxy) is 1. The highest BCUT2D eigenvalue weighted by molar-refractivity contribution is 6.01. The summed E-state index contributed by atoms with van der Waals surface area (Å²) in [5.41, 5.74) is 1.68. The molecule has 166 valence electrons. The molecule has 32 heavy (non-hydrogen) atoms. The molecule has 2 amide bonds. The Morgan fingerprint density at radius 1 is 1.09 bits per heavy atom. The molecule has 1 atom stereocenters. The minimum absolute atomic E-state index is 0.0216. The van der Waals surface area contributed by atoms with E-state index in [-0.39, 0.29) is 30.2 Å². The van der Waals surface area contributed by atoms with Crippen LogP contribution in [0.3, 0.4) is 0 Å². The lowest BCUT2D eigenvalue weighted by atomic mass is 9.95. The molecule has 0 saturated heterocycles. The van der Waals surface area contributed by atoms with Gasteiger partial charge in [0.1, 0.15) is 17.4 Å². The molecule has 3 rings (SSSR count). The summed E-state index contributed by atoms with van der Waals surface area (Å²) in [6.45, 7) is 1.84. The Morgan fingerprint density at radius 3 is 2.44 bits per heavy atom. The van der Waals surface area contributed by atoms with E-state index in [2.05, 4.69) is 10.6 Å². The van der Waals surface area contributed by atoms with Gasteiger partial charge in [0, 0.05) is 6.04 Å². The van der Waals surface area contributed by atoms with Crippen LogP contribution in [0, 0.1) is 11.3 Å². The summed E-state index contributed by atoms with van der Waals surface area (Å²) < 4.78 is 5.57. The SMILES string of the molecule is C[C@@H](NC(=O)/C(C#N)=C/c1ccc(OCC(=O)NC2CCCCC2)cc1)c1ccccc1. The fourth-order valence-corrected chi connectivity index (χ4v) is 3.74. The molecule has 6 nitrogen and oxygen atoms in total. The van der Waals surface area contributed by atoms with Gasteiger partial charge in [-0.1, -0.05) is 61.7 Å². The minimum atomic E-state index is -0.427. The number of carbonyl (C=O) groups excluding carboxylic acids is 2. The van der Waals surface area contributed by atoms with Gasteiger partial charge >= 0.3 is 0 Å². The summed E-state index contributed by atoms with van der Waals surface area (Å²) >= 11 is 0. The lowest BCUT2D eigenvalue weighted by Gasteiger charge is -2.22. The average molecular weight is 432 g/mol. The van der Waals surface area contributed by atoms with Gasteiger partial charge in [-0.2, -0.15) is 5.26 Å². The largest absolute Gasteiger partial charge is 0.484 e. The van der Waals surface area contributed by atoms with Gasteiger partial charge in [0.2, 0.25) is 0 Å². The van der Waals surface area contributed by atoms with Crippen LogP contribution in [0.2, 0.25) is 0 Å². The van der Waals surface area contributed by atoms with Gasteiger partial charge in [0.05, 0.1) is 6.04 Å². The number of hydrogen-bond acceptors (Lipinski definition) is 4. The Kier molecular flexibility index (Phi) is 8.44. The van der Waals surface area contributed by atoms with Gasteiger partial charge < -0.3 is 15.4 Å². The second-order valence-corrected chi connectivity index (χ2v) is 8.04. The number of nitriles is 1. The fourth-order valence-electron chi connectivity index (χ4n) is 3.74. The highest BCUT2D eigenvalue weighted by Crippen LogP contribution is 2.18. The van der Waals surface area contributed by atoms with Crippen LogP contribution in [-0.4, -0.2) is 24.5 Å². The summed E-state index contributed by atoms with van der Waals surface area (Å²) in [5, 5.41) is 15.3. The molecule has 0 spiro atoms. The number of amides is 2. The zero-order valence-electron chi connectivity index (χ0n) is 18.3. The van der Waals surface area contributed by atoms with E-state index in [1.807, 2.05) is 43.3 Å². The monoisotopic (exact) mass is 431 g/mol. The van der Waals surface area contributed by atoms with Crippen molar-refractivity contribution in [2.75, 3.05) is 6.61 Å². The van der Waals surface area contributed by atoms with Crippen LogP contribution in [0.25, 0.3) is 6.08 Å². The second kappa shape index (κ2) is 11.7. The summed E-state index contributed by atoms with van der Waals surface area (Å²) in [6.07, 6.45) is 7.16. The van der Waals surface area contributed by atoms with Gasteiger partial charge in [-0.15, -0.1) is 0 Å². The lowest BCUT2D eigenvalue weighted by Crippen LogP contribution is -2.38. The predicted octanol–water partition coefficient (Wildman–Crippen LogP) is 4.30. The molecule has 2 aromatic rings. The fraction of sp³-hybridized carbons (Fsp3) is 0.346. The first kappa shape index (κ1) is 23.1. The van der Waals surface area contributed by atoms with E-state index in [1.54, 1.807) is 24.3 Å². The van der Waals surface area contributed by atoms with E-state index in [9.17, 15) is 14.9 Å². The van der Waals surface area contributed by atoms with Crippen molar-refractivity contribution in [1.29, 1.82) is 5.26 Å². The predicted molar refractivity (Wildman–Crippen MR) is 124 cm³/mol. The Balaban J connectivity index is 1.52. The van der Waals surface area contributed by atoms with Gasteiger partial charge in [-0.05, 0) is 49.1 Å². The molecule has 0 unspecified atom stereocenters. The molecule has 6 heteroatoms. The van der Waals surface area contributed by atoms with Crippen molar-refractivity contribution < 1.29 is 14.3 Å². The lowest BCUT2D eigenvalue weighted by molar-refractivity contribution is -0.124. The Hall–Kier alpha value is -3.59. The molecule has 1 fully saturated rings. The van der Waals surface area contributed by atoms with E-state index in [4.69, 9.17) is 4.74 Å². The first-order valence-electron chi connectivity index (χ1n) is 11.0. The van der Waals surface area contributed by atoms with Crippen molar-refractivity contribution in [3.05, 3.63) is 71.3 Å². The van der Waals surface area contributed by atoms with Gasteiger partial charge in [-0.25, -0.2) is 0 Å². The molecular weight excluding hydrogens is 402 g/mol. The molecule has 1 aliphatic rings. The van der Waals surface area contributed by atoms with E-state index >= 15 is 0 Å². The standard InChI is InChI=1S/C26H29N3O3/c1-19(21-8-4-2-5-9-21)28-26(31)22(17-27)16-20-12-14-24(15-13-20)32-18-25(30)29-23-10-6-3-7-11-23/h2,4-5,8-9,12-16,19,23H,3,6-7,10-11,18H2,1H3,(H,28,31)(H,29,30)/b22-16+/t19-/m1/s1. The van der Waals surface area contributed by atoms with Crippen molar-refractivity contribution in [1.82, 2.24) is 10.6 Å². The Labute approximate surface area is 189 Å². The number of carbonyl (C=O) groups is 2. The first-order valence-corrected chi connectivity index (χ1v) is 11.0. The highest BCUT2D eigenvalue weighted by Gasteiger charge is 2.16. The van der Waals surface area contributed by atoms with Crippen molar-refractivity contribution in [2.45, 2.75) is 51.1 Å². The molecule has 2 aromatic carbocycles. The molecule has 0 aliphatic heterocycles.